The Balaban J connectivity index is 1.58. The Hall–Kier alpha value is -2.64. The predicted octanol–water partition coefficient (Wildman–Crippen LogP) is 4.37. The lowest BCUT2D eigenvalue weighted by molar-refractivity contribution is -0.133. The van der Waals surface area contributed by atoms with E-state index in [1.807, 2.05) is 25.1 Å². The lowest BCUT2D eigenvalue weighted by Crippen LogP contribution is -2.62. The molecule has 2 aliphatic rings. The molecule has 8 heteroatoms. The van der Waals surface area contributed by atoms with Crippen LogP contribution in [0.5, 0.6) is 0 Å². The fourth-order valence-electron chi connectivity index (χ4n) is 4.11. The summed E-state index contributed by atoms with van der Waals surface area (Å²) in [5, 5.41) is 15.4. The van der Waals surface area contributed by atoms with Crippen LogP contribution >= 0.6 is 11.6 Å². The van der Waals surface area contributed by atoms with Crippen LogP contribution in [0.15, 0.2) is 42.5 Å². The first-order valence-electron chi connectivity index (χ1n) is 9.95. The Morgan fingerprint density at radius 1 is 1.23 bits per heavy atom. The summed E-state index contributed by atoms with van der Waals surface area (Å²) in [4.78, 5) is 14.6. The van der Waals surface area contributed by atoms with Gasteiger partial charge in [0.05, 0.1) is 22.7 Å². The van der Waals surface area contributed by atoms with Crippen molar-refractivity contribution in [3.8, 4) is 0 Å². The molecule has 30 heavy (non-hydrogen) atoms. The minimum atomic E-state index is -0.812. The third-order valence-electron chi connectivity index (χ3n) is 5.68. The first-order valence-corrected chi connectivity index (χ1v) is 10.3. The maximum atomic E-state index is 13.2. The number of carbonyl (C=O) groups is 1. The van der Waals surface area contributed by atoms with E-state index in [0.29, 0.717) is 29.6 Å². The zero-order valence-electron chi connectivity index (χ0n) is 16.7. The summed E-state index contributed by atoms with van der Waals surface area (Å²) in [7, 11) is 0. The number of hydrogen-bond acceptors (Lipinski definition) is 4. The number of halogens is 2. The van der Waals surface area contributed by atoms with E-state index >= 15 is 0 Å². The average molecular weight is 431 g/mol. The van der Waals surface area contributed by atoms with Crippen molar-refractivity contribution in [1.82, 2.24) is 10.2 Å². The number of rotatable bonds is 4. The smallest absolute Gasteiger partial charge is 0.232 e. The molecule has 0 aliphatic carbocycles. The molecule has 0 saturated carbocycles. The van der Waals surface area contributed by atoms with Crippen molar-refractivity contribution in [1.29, 1.82) is 5.41 Å². The van der Waals surface area contributed by atoms with E-state index in [1.54, 1.807) is 17.0 Å². The van der Waals surface area contributed by atoms with Crippen molar-refractivity contribution < 1.29 is 13.9 Å². The number of hydrogen-bond donors (Lipinski definition) is 3. The van der Waals surface area contributed by atoms with E-state index < -0.39 is 5.54 Å². The van der Waals surface area contributed by atoms with E-state index in [4.69, 9.17) is 21.7 Å². The van der Waals surface area contributed by atoms with Gasteiger partial charge in [-0.1, -0.05) is 23.7 Å². The molecule has 2 aromatic rings. The largest absolute Gasteiger partial charge is 0.381 e. The maximum Gasteiger partial charge on any atom is 0.232 e. The highest BCUT2D eigenvalue weighted by Crippen LogP contribution is 2.39. The van der Waals surface area contributed by atoms with Gasteiger partial charge in [0.25, 0.3) is 0 Å². The van der Waals surface area contributed by atoms with Gasteiger partial charge in [0.1, 0.15) is 5.82 Å². The van der Waals surface area contributed by atoms with Crippen LogP contribution in [0, 0.1) is 11.2 Å². The van der Waals surface area contributed by atoms with Crippen molar-refractivity contribution in [3.63, 3.8) is 0 Å². The van der Waals surface area contributed by atoms with Crippen LogP contribution in [-0.4, -0.2) is 36.0 Å². The zero-order valence-corrected chi connectivity index (χ0v) is 17.4. The predicted molar refractivity (Wildman–Crippen MR) is 115 cm³/mol. The summed E-state index contributed by atoms with van der Waals surface area (Å²) >= 11 is 6.70. The summed E-state index contributed by atoms with van der Waals surface area (Å²) in [6, 6.07) is 11.5. The van der Waals surface area contributed by atoms with Crippen molar-refractivity contribution in [3.05, 3.63) is 58.9 Å². The molecule has 6 nitrogen and oxygen atoms in total. The molecular weight excluding hydrogens is 407 g/mol. The minimum Gasteiger partial charge on any atom is -0.381 e. The number of ether oxygens (including phenoxy) is 1. The number of amides is 1. The van der Waals surface area contributed by atoms with Gasteiger partial charge in [-0.15, -0.1) is 0 Å². The molecular formula is C22H24ClFN4O2. The van der Waals surface area contributed by atoms with Crippen LogP contribution in [0.4, 0.5) is 15.8 Å². The molecule has 0 spiro atoms. The van der Waals surface area contributed by atoms with Crippen LogP contribution in [0.3, 0.4) is 0 Å². The molecule has 0 radical (unpaired) electrons. The van der Waals surface area contributed by atoms with Gasteiger partial charge in [-0.3, -0.25) is 15.1 Å². The summed E-state index contributed by atoms with van der Waals surface area (Å²) in [6.45, 7) is 3.08. The van der Waals surface area contributed by atoms with Crippen LogP contribution in [0.2, 0.25) is 5.02 Å². The molecule has 2 heterocycles. The van der Waals surface area contributed by atoms with Crippen molar-refractivity contribution in [2.45, 2.75) is 37.8 Å². The van der Waals surface area contributed by atoms with Gasteiger partial charge in [-0.05, 0) is 55.7 Å². The number of nitrogens with one attached hydrogen (secondary N) is 3. The molecule has 2 saturated heterocycles. The van der Waals surface area contributed by atoms with Gasteiger partial charge in [0, 0.05) is 24.9 Å². The Morgan fingerprint density at radius 2 is 1.93 bits per heavy atom. The van der Waals surface area contributed by atoms with E-state index in [1.165, 1.54) is 12.1 Å². The van der Waals surface area contributed by atoms with E-state index in [0.717, 1.165) is 18.4 Å². The molecule has 0 unspecified atom stereocenters. The lowest BCUT2D eigenvalue weighted by atomic mass is 9.85. The number of guanidine groups is 1. The average Bonchev–Trinajstić information content (AvgIpc) is 2.71. The fraction of sp³-hybridized carbons (Fsp3) is 0.364. The van der Waals surface area contributed by atoms with Gasteiger partial charge in [-0.25, -0.2) is 4.39 Å². The second-order valence-corrected chi connectivity index (χ2v) is 8.27. The second kappa shape index (κ2) is 8.24. The van der Waals surface area contributed by atoms with Crippen molar-refractivity contribution in [2.24, 2.45) is 0 Å². The van der Waals surface area contributed by atoms with Crippen LogP contribution in [0.1, 0.15) is 31.7 Å². The summed E-state index contributed by atoms with van der Waals surface area (Å²) in [5.41, 5.74) is 1.26. The Bertz CT molecular complexity index is 942. The molecule has 3 N–H and O–H groups in total. The van der Waals surface area contributed by atoms with Crippen LogP contribution in [-0.2, 0) is 15.1 Å². The van der Waals surface area contributed by atoms with Crippen LogP contribution in [0.25, 0.3) is 0 Å². The molecule has 4 rings (SSSR count). The molecule has 0 aromatic heterocycles. The van der Waals surface area contributed by atoms with Gasteiger partial charge in [0.2, 0.25) is 5.91 Å². The highest BCUT2D eigenvalue weighted by molar-refractivity contribution is 6.34. The number of carbonyl (C=O) groups excluding carboxylic acids is 1. The standard InChI is InChI=1S/C22H24ClFN4O2/c1-22(13-19(29)28(21(25)27-22)16-9-11-30-12-10-16)17-3-2-4-18(20(17)23)26-15-7-5-14(24)6-8-15/h2-8,16,26H,9-13H2,1H3,(H2,25,27)/t22-/m0/s1. The van der Waals surface area contributed by atoms with Gasteiger partial charge < -0.3 is 15.4 Å². The van der Waals surface area contributed by atoms with Gasteiger partial charge >= 0.3 is 0 Å². The SMILES string of the molecule is C[C@@]1(c2cccc(Nc3ccc(F)cc3)c2Cl)CC(=O)N(C2CCOCC2)C(=N)N1. The Kier molecular flexibility index (Phi) is 5.66. The maximum absolute atomic E-state index is 13.2. The Labute approximate surface area is 179 Å². The van der Waals surface area contributed by atoms with E-state index in [2.05, 4.69) is 10.6 Å². The first kappa shape index (κ1) is 20.6. The number of nitrogens with zero attached hydrogens (tertiary/aromatic N) is 1. The van der Waals surface area contributed by atoms with E-state index in [-0.39, 0.29) is 30.1 Å². The second-order valence-electron chi connectivity index (χ2n) is 7.89. The molecule has 1 atom stereocenters. The number of anilines is 2. The molecule has 158 valence electrons. The van der Waals surface area contributed by atoms with Crippen molar-refractivity contribution in [2.75, 3.05) is 18.5 Å². The molecule has 2 aliphatic heterocycles. The first-order chi connectivity index (χ1) is 14.4. The van der Waals surface area contributed by atoms with E-state index in [9.17, 15) is 9.18 Å². The molecule has 1 amide bonds. The summed E-state index contributed by atoms with van der Waals surface area (Å²) in [5.74, 6) is -0.319. The Morgan fingerprint density at radius 3 is 2.60 bits per heavy atom. The molecule has 2 aromatic carbocycles. The lowest BCUT2D eigenvalue weighted by Gasteiger charge is -2.45. The summed E-state index contributed by atoms with van der Waals surface area (Å²) in [6.07, 6.45) is 1.64. The molecule has 2 fully saturated rings. The normalized spacial score (nSPS) is 22.7. The molecule has 0 bridgehead atoms. The minimum absolute atomic E-state index is 0.0160. The third-order valence-corrected chi connectivity index (χ3v) is 6.09. The monoisotopic (exact) mass is 430 g/mol. The highest BCUT2D eigenvalue weighted by atomic mass is 35.5. The fourth-order valence-corrected chi connectivity index (χ4v) is 4.50. The number of benzene rings is 2. The summed E-state index contributed by atoms with van der Waals surface area (Å²) < 4.78 is 18.6. The van der Waals surface area contributed by atoms with Crippen LogP contribution < -0.4 is 10.6 Å². The van der Waals surface area contributed by atoms with Crippen molar-refractivity contribution >= 4 is 34.8 Å². The topological polar surface area (TPSA) is 77.5 Å². The quantitative estimate of drug-likeness (QED) is 0.673. The van der Waals surface area contributed by atoms with Gasteiger partial charge in [-0.2, -0.15) is 0 Å². The van der Waals surface area contributed by atoms with Gasteiger partial charge in [0.15, 0.2) is 5.96 Å². The highest BCUT2D eigenvalue weighted by Gasteiger charge is 2.43. The zero-order chi connectivity index (χ0) is 21.3. The third kappa shape index (κ3) is 4.00.